The molecule has 2 heterocycles. The number of hydrogen-bond donors (Lipinski definition) is 3. The fraction of sp³-hybridized carbons (Fsp3) is 0.409. The highest BCUT2D eigenvalue weighted by atomic mass is 32.2. The summed E-state index contributed by atoms with van der Waals surface area (Å²) in [6.07, 6.45) is 6.27. The maximum atomic E-state index is 12.7. The Kier molecular flexibility index (Phi) is 7.44. The van der Waals surface area contributed by atoms with Gasteiger partial charge in [-0.3, -0.25) is 0 Å². The van der Waals surface area contributed by atoms with E-state index in [4.69, 9.17) is 10.9 Å². The van der Waals surface area contributed by atoms with Gasteiger partial charge in [-0.1, -0.05) is 31.4 Å². The molecule has 0 aromatic heterocycles. The lowest BCUT2D eigenvalue weighted by Gasteiger charge is -2.26. The first kappa shape index (κ1) is 26.5. The van der Waals surface area contributed by atoms with Crippen molar-refractivity contribution >= 4 is 47.3 Å². The molecule has 2 aromatic rings. The van der Waals surface area contributed by atoms with Gasteiger partial charge in [0.15, 0.2) is 0 Å². The first-order chi connectivity index (χ1) is 16.9. The predicted molar refractivity (Wildman–Crippen MR) is 137 cm³/mol. The summed E-state index contributed by atoms with van der Waals surface area (Å²) in [6.45, 7) is 0.702. The Morgan fingerprint density at radius 1 is 0.972 bits per heavy atom. The van der Waals surface area contributed by atoms with E-state index in [1.165, 1.54) is 24.3 Å². The molecule has 0 amide bonds. The fourth-order valence-corrected chi connectivity index (χ4v) is 7.89. The Bertz CT molecular complexity index is 1500. The van der Waals surface area contributed by atoms with Crippen molar-refractivity contribution in [2.24, 2.45) is 9.54 Å². The maximum Gasteiger partial charge on any atom is 0.286 e. The monoisotopic (exact) mass is 555 g/mol. The van der Waals surface area contributed by atoms with Crippen LogP contribution in [-0.2, 0) is 30.1 Å². The molecule has 3 aliphatic rings. The van der Waals surface area contributed by atoms with Crippen LogP contribution in [0.5, 0.6) is 0 Å². The molecule has 0 spiro atoms. The molecule has 0 bridgehead atoms. The third-order valence-corrected chi connectivity index (χ3v) is 10.1. The zero-order valence-corrected chi connectivity index (χ0v) is 21.9. The van der Waals surface area contributed by atoms with Gasteiger partial charge in [-0.05, 0) is 49.6 Å². The molecule has 5 N–H and O–H groups in total. The Hall–Kier alpha value is -2.52. The van der Waals surface area contributed by atoms with Gasteiger partial charge in [0, 0.05) is 19.0 Å². The SMILES string of the molecule is Nc1ccccc1S(N)(=O)=O.O=S1(=O)N=C2CCCN2c2ccc(S(=O)(=O)NC3CCCCC3)cc21. The van der Waals surface area contributed by atoms with Gasteiger partial charge in [-0.2, -0.15) is 8.42 Å². The lowest BCUT2D eigenvalue weighted by molar-refractivity contribution is 0.412. The van der Waals surface area contributed by atoms with E-state index >= 15 is 0 Å². The molecule has 5 rings (SSSR count). The number of primary sulfonamides is 1. The Morgan fingerprint density at radius 2 is 1.67 bits per heavy atom. The zero-order chi connectivity index (χ0) is 26.1. The summed E-state index contributed by atoms with van der Waals surface area (Å²) in [7, 11) is -11.3. The number of amidine groups is 1. The highest BCUT2D eigenvalue weighted by molar-refractivity contribution is 7.91. The topological polar surface area (TPSA) is 182 Å². The number of nitrogens with zero attached hydrogens (tertiary/aromatic N) is 2. The lowest BCUT2D eigenvalue weighted by atomic mass is 9.96. The molecule has 196 valence electrons. The van der Waals surface area contributed by atoms with Gasteiger partial charge in [0.1, 0.15) is 15.6 Å². The highest BCUT2D eigenvalue weighted by Gasteiger charge is 2.35. The van der Waals surface area contributed by atoms with Crippen LogP contribution >= 0.6 is 0 Å². The van der Waals surface area contributed by atoms with Gasteiger partial charge < -0.3 is 10.6 Å². The van der Waals surface area contributed by atoms with Crippen molar-refractivity contribution in [1.29, 1.82) is 0 Å². The van der Waals surface area contributed by atoms with E-state index in [0.29, 0.717) is 24.5 Å². The molecule has 0 atom stereocenters. The summed E-state index contributed by atoms with van der Waals surface area (Å²) in [6, 6.07) is 10.3. The molecule has 2 aliphatic heterocycles. The van der Waals surface area contributed by atoms with Crippen LogP contribution in [-0.4, -0.2) is 43.7 Å². The van der Waals surface area contributed by atoms with Crippen LogP contribution in [0.3, 0.4) is 0 Å². The van der Waals surface area contributed by atoms with Gasteiger partial charge in [0.05, 0.1) is 16.3 Å². The summed E-state index contributed by atoms with van der Waals surface area (Å²) in [4.78, 5) is 1.80. The Morgan fingerprint density at radius 3 is 2.31 bits per heavy atom. The molecule has 2 fully saturated rings. The summed E-state index contributed by atoms with van der Waals surface area (Å²) in [5, 5.41) is 4.85. The molecule has 1 saturated heterocycles. The van der Waals surface area contributed by atoms with Gasteiger partial charge >= 0.3 is 0 Å². The van der Waals surface area contributed by atoms with E-state index in [9.17, 15) is 25.3 Å². The maximum absolute atomic E-state index is 12.7. The number of nitrogens with two attached hydrogens (primary N) is 2. The fourth-order valence-electron chi connectivity index (χ4n) is 4.54. The van der Waals surface area contributed by atoms with E-state index in [1.807, 2.05) is 4.90 Å². The van der Waals surface area contributed by atoms with Crippen molar-refractivity contribution in [2.45, 2.75) is 65.7 Å². The largest absolute Gasteiger partial charge is 0.398 e. The van der Waals surface area contributed by atoms with E-state index in [-0.39, 0.29) is 26.4 Å². The number of nitrogen functional groups attached to an aromatic ring is 1. The molecule has 1 saturated carbocycles. The number of fused-ring (bicyclic) bond motifs is 3. The second-order valence-electron chi connectivity index (χ2n) is 8.91. The normalized spacial score (nSPS) is 19.5. The number of sulfonamides is 3. The standard InChI is InChI=1S/C16H21N3O4S2.C6H8N2O2S/c20-24(21,17-12-5-2-1-3-6-12)13-8-9-14-15(11-13)25(22,23)18-16-7-4-10-19(14)16;7-5-3-1-2-4-6(5)11(8,9)10/h8-9,11-12,17H,1-7,10H2;1-4H,7H2,(H2,8,9,10). The van der Waals surface area contributed by atoms with Crippen molar-refractivity contribution < 1.29 is 25.3 Å². The lowest BCUT2D eigenvalue weighted by Crippen LogP contribution is -2.36. The van der Waals surface area contributed by atoms with E-state index in [1.54, 1.807) is 18.2 Å². The average Bonchev–Trinajstić information content (AvgIpc) is 3.27. The van der Waals surface area contributed by atoms with Crippen LogP contribution in [0.2, 0.25) is 0 Å². The van der Waals surface area contributed by atoms with Crippen LogP contribution in [0, 0.1) is 0 Å². The number of rotatable bonds is 4. The second-order valence-corrected chi connectivity index (χ2v) is 13.7. The minimum atomic E-state index is -3.86. The second kappa shape index (κ2) is 10.1. The third kappa shape index (κ3) is 5.72. The Labute approximate surface area is 211 Å². The van der Waals surface area contributed by atoms with Crippen molar-refractivity contribution in [3.8, 4) is 0 Å². The first-order valence-corrected chi connectivity index (χ1v) is 16.0. The van der Waals surface area contributed by atoms with Crippen molar-refractivity contribution in [1.82, 2.24) is 4.72 Å². The molecular weight excluding hydrogens is 526 g/mol. The number of nitrogens with one attached hydrogen (secondary N) is 1. The van der Waals surface area contributed by atoms with Gasteiger partial charge in [0.2, 0.25) is 20.0 Å². The van der Waals surface area contributed by atoms with Crippen LogP contribution < -0.4 is 20.5 Å². The van der Waals surface area contributed by atoms with Crippen LogP contribution in [0.1, 0.15) is 44.9 Å². The minimum absolute atomic E-state index is 0.0155. The predicted octanol–water partition coefficient (Wildman–Crippen LogP) is 1.91. The molecule has 0 unspecified atom stereocenters. The summed E-state index contributed by atoms with van der Waals surface area (Å²) in [5.41, 5.74) is 6.05. The highest BCUT2D eigenvalue weighted by Crippen LogP contribution is 2.36. The van der Waals surface area contributed by atoms with Crippen molar-refractivity contribution in [2.75, 3.05) is 17.2 Å². The van der Waals surface area contributed by atoms with Gasteiger partial charge in [0.25, 0.3) is 10.0 Å². The Balaban J connectivity index is 0.000000233. The van der Waals surface area contributed by atoms with E-state index < -0.39 is 30.1 Å². The summed E-state index contributed by atoms with van der Waals surface area (Å²) in [5.74, 6) is 0.545. The molecule has 1 aliphatic carbocycles. The quantitative estimate of drug-likeness (QED) is 0.478. The molecule has 2 aromatic carbocycles. The number of hydrogen-bond acceptors (Lipinski definition) is 8. The average molecular weight is 556 g/mol. The summed E-state index contributed by atoms with van der Waals surface area (Å²) >= 11 is 0. The van der Waals surface area contributed by atoms with E-state index in [0.717, 1.165) is 38.5 Å². The van der Waals surface area contributed by atoms with Crippen molar-refractivity contribution in [3.63, 3.8) is 0 Å². The van der Waals surface area contributed by atoms with Gasteiger partial charge in [-0.15, -0.1) is 4.40 Å². The number of para-hydroxylation sites is 1. The molecular formula is C22H29N5O6S3. The first-order valence-electron chi connectivity index (χ1n) is 11.5. The summed E-state index contributed by atoms with van der Waals surface area (Å²) < 4.78 is 78.3. The molecule has 14 heteroatoms. The van der Waals surface area contributed by atoms with Crippen molar-refractivity contribution in [3.05, 3.63) is 42.5 Å². The van der Waals surface area contributed by atoms with Crippen LogP contribution in [0.25, 0.3) is 0 Å². The number of benzene rings is 2. The smallest absolute Gasteiger partial charge is 0.286 e. The third-order valence-electron chi connectivity index (χ3n) is 6.28. The van der Waals surface area contributed by atoms with E-state index in [2.05, 4.69) is 9.12 Å². The number of anilines is 2. The molecule has 11 nitrogen and oxygen atoms in total. The molecule has 36 heavy (non-hydrogen) atoms. The van der Waals surface area contributed by atoms with Crippen LogP contribution in [0.15, 0.2) is 61.5 Å². The zero-order valence-electron chi connectivity index (χ0n) is 19.5. The van der Waals surface area contributed by atoms with Crippen LogP contribution in [0.4, 0.5) is 11.4 Å². The molecule has 0 radical (unpaired) electrons. The minimum Gasteiger partial charge on any atom is -0.398 e. The van der Waals surface area contributed by atoms with Gasteiger partial charge in [-0.25, -0.2) is 26.7 Å².